The van der Waals surface area contributed by atoms with Gasteiger partial charge in [0.15, 0.2) is 0 Å². The highest BCUT2D eigenvalue weighted by atomic mass is 79.9. The van der Waals surface area contributed by atoms with E-state index in [1.807, 2.05) is 0 Å². The van der Waals surface area contributed by atoms with Gasteiger partial charge in [0.2, 0.25) is 0 Å². The number of carbonyl (C=O) groups is 1. The zero-order chi connectivity index (χ0) is 14.8. The van der Waals surface area contributed by atoms with Crippen molar-refractivity contribution in [1.29, 1.82) is 0 Å². The standard InChI is InChI=1S/C13H20BrN3O3/c1-19-6-7-20-5-3-2-4-16-13(18)11-8-10(14)9-17-12(11)15/h8-9H,2-7H2,1H3,(H2,15,17)(H,16,18). The highest BCUT2D eigenvalue weighted by Gasteiger charge is 2.10. The lowest BCUT2D eigenvalue weighted by Crippen LogP contribution is -2.25. The fourth-order valence-corrected chi connectivity index (χ4v) is 1.83. The van der Waals surface area contributed by atoms with Crippen LogP contribution in [0.4, 0.5) is 5.82 Å². The SMILES string of the molecule is COCCOCCCCNC(=O)c1cc(Br)cnc1N. The Labute approximate surface area is 127 Å². The largest absolute Gasteiger partial charge is 0.383 e. The number of hydrogen-bond donors (Lipinski definition) is 2. The maximum absolute atomic E-state index is 11.9. The van der Waals surface area contributed by atoms with Crippen LogP contribution in [0.2, 0.25) is 0 Å². The number of hydrogen-bond acceptors (Lipinski definition) is 5. The van der Waals surface area contributed by atoms with Gasteiger partial charge in [0.1, 0.15) is 5.82 Å². The summed E-state index contributed by atoms with van der Waals surface area (Å²) in [5.74, 6) is 0.0187. The number of pyridine rings is 1. The molecule has 20 heavy (non-hydrogen) atoms. The molecule has 1 amide bonds. The molecule has 112 valence electrons. The molecule has 7 heteroatoms. The van der Waals surface area contributed by atoms with Crippen molar-refractivity contribution in [2.24, 2.45) is 0 Å². The third kappa shape index (κ3) is 6.31. The van der Waals surface area contributed by atoms with Crippen molar-refractivity contribution in [2.45, 2.75) is 12.8 Å². The van der Waals surface area contributed by atoms with Crippen molar-refractivity contribution in [3.63, 3.8) is 0 Å². The summed E-state index contributed by atoms with van der Waals surface area (Å²) in [6.07, 6.45) is 3.29. The summed E-state index contributed by atoms with van der Waals surface area (Å²) in [6, 6.07) is 1.66. The van der Waals surface area contributed by atoms with Gasteiger partial charge in [0.05, 0.1) is 18.8 Å². The van der Waals surface area contributed by atoms with Crippen molar-refractivity contribution in [3.05, 3.63) is 22.3 Å². The minimum atomic E-state index is -0.211. The Morgan fingerprint density at radius 1 is 1.40 bits per heavy atom. The molecule has 0 spiro atoms. The molecule has 0 atom stereocenters. The number of carbonyl (C=O) groups excluding carboxylic acids is 1. The first-order chi connectivity index (χ1) is 9.65. The molecule has 1 heterocycles. The van der Waals surface area contributed by atoms with Crippen LogP contribution in [0.25, 0.3) is 0 Å². The molecule has 0 unspecified atom stereocenters. The van der Waals surface area contributed by atoms with Crippen LogP contribution in [0.15, 0.2) is 16.7 Å². The second kappa shape index (κ2) is 9.68. The molecule has 0 fully saturated rings. The molecular formula is C13H20BrN3O3. The number of anilines is 1. The zero-order valence-corrected chi connectivity index (χ0v) is 13.1. The molecule has 1 rings (SSSR count). The molecule has 6 nitrogen and oxygen atoms in total. The molecule has 0 bridgehead atoms. The van der Waals surface area contributed by atoms with Gasteiger partial charge in [-0.2, -0.15) is 0 Å². The second-order valence-electron chi connectivity index (χ2n) is 4.15. The fourth-order valence-electron chi connectivity index (χ4n) is 1.50. The van der Waals surface area contributed by atoms with E-state index in [0.717, 1.165) is 17.3 Å². The van der Waals surface area contributed by atoms with E-state index in [2.05, 4.69) is 26.2 Å². The number of amides is 1. The zero-order valence-electron chi connectivity index (χ0n) is 11.5. The number of aromatic nitrogens is 1. The molecule has 0 saturated carbocycles. The minimum absolute atomic E-state index is 0.211. The minimum Gasteiger partial charge on any atom is -0.383 e. The predicted molar refractivity (Wildman–Crippen MR) is 80.6 cm³/mol. The molecule has 0 radical (unpaired) electrons. The van der Waals surface area contributed by atoms with Crippen LogP contribution in [0.3, 0.4) is 0 Å². The van der Waals surface area contributed by atoms with Gasteiger partial charge in [-0.05, 0) is 34.8 Å². The number of rotatable bonds is 9. The highest BCUT2D eigenvalue weighted by Crippen LogP contribution is 2.15. The van der Waals surface area contributed by atoms with Crippen LogP contribution in [-0.2, 0) is 9.47 Å². The van der Waals surface area contributed by atoms with Crippen molar-refractivity contribution in [2.75, 3.05) is 39.2 Å². The number of nitrogens with two attached hydrogens (primary N) is 1. The number of unbranched alkanes of at least 4 members (excludes halogenated alkanes) is 1. The summed E-state index contributed by atoms with van der Waals surface area (Å²) in [7, 11) is 1.64. The molecule has 0 aliphatic rings. The van der Waals surface area contributed by atoms with Gasteiger partial charge in [0.25, 0.3) is 5.91 Å². The van der Waals surface area contributed by atoms with Gasteiger partial charge < -0.3 is 20.5 Å². The monoisotopic (exact) mass is 345 g/mol. The lowest BCUT2D eigenvalue weighted by atomic mass is 10.2. The van der Waals surface area contributed by atoms with Gasteiger partial charge in [-0.25, -0.2) is 4.98 Å². The first-order valence-corrected chi connectivity index (χ1v) is 7.20. The van der Waals surface area contributed by atoms with Crippen molar-refractivity contribution in [3.8, 4) is 0 Å². The van der Waals surface area contributed by atoms with Gasteiger partial charge in [-0.15, -0.1) is 0 Å². The van der Waals surface area contributed by atoms with Crippen LogP contribution in [-0.4, -0.2) is 44.4 Å². The van der Waals surface area contributed by atoms with E-state index in [1.165, 1.54) is 0 Å². The average Bonchev–Trinajstić information content (AvgIpc) is 2.44. The van der Waals surface area contributed by atoms with Crippen LogP contribution in [0.5, 0.6) is 0 Å². The van der Waals surface area contributed by atoms with Gasteiger partial charge in [0, 0.05) is 30.9 Å². The lowest BCUT2D eigenvalue weighted by Gasteiger charge is -2.07. The number of nitrogen functional groups attached to an aromatic ring is 1. The lowest BCUT2D eigenvalue weighted by molar-refractivity contribution is 0.0686. The summed E-state index contributed by atoms with van der Waals surface area (Å²) in [4.78, 5) is 15.8. The Balaban J connectivity index is 2.18. The van der Waals surface area contributed by atoms with Crippen LogP contribution >= 0.6 is 15.9 Å². The molecule has 3 N–H and O–H groups in total. The Hall–Kier alpha value is -1.18. The Morgan fingerprint density at radius 3 is 2.95 bits per heavy atom. The third-order valence-electron chi connectivity index (χ3n) is 2.56. The maximum Gasteiger partial charge on any atom is 0.255 e. The van der Waals surface area contributed by atoms with Gasteiger partial charge in [-0.1, -0.05) is 0 Å². The topological polar surface area (TPSA) is 86.5 Å². The highest BCUT2D eigenvalue weighted by molar-refractivity contribution is 9.10. The van der Waals surface area contributed by atoms with E-state index < -0.39 is 0 Å². The number of ether oxygens (including phenoxy) is 2. The summed E-state index contributed by atoms with van der Waals surface area (Å²) in [6.45, 7) is 2.45. The number of methoxy groups -OCH3 is 1. The summed E-state index contributed by atoms with van der Waals surface area (Å²) >= 11 is 3.26. The summed E-state index contributed by atoms with van der Waals surface area (Å²) in [5.41, 5.74) is 6.05. The first kappa shape index (κ1) is 16.9. The molecule has 0 aliphatic heterocycles. The van der Waals surface area contributed by atoms with Gasteiger partial charge in [-0.3, -0.25) is 4.79 Å². The van der Waals surface area contributed by atoms with E-state index in [1.54, 1.807) is 19.4 Å². The normalized spacial score (nSPS) is 10.5. The third-order valence-corrected chi connectivity index (χ3v) is 3.00. The van der Waals surface area contributed by atoms with E-state index in [0.29, 0.717) is 31.9 Å². The molecule has 0 aliphatic carbocycles. The second-order valence-corrected chi connectivity index (χ2v) is 5.07. The van der Waals surface area contributed by atoms with Crippen molar-refractivity contribution >= 4 is 27.7 Å². The van der Waals surface area contributed by atoms with Crippen LogP contribution in [0.1, 0.15) is 23.2 Å². The Morgan fingerprint density at radius 2 is 2.20 bits per heavy atom. The first-order valence-electron chi connectivity index (χ1n) is 6.41. The number of nitrogens with zero attached hydrogens (tertiary/aromatic N) is 1. The molecule has 1 aromatic heterocycles. The maximum atomic E-state index is 11.9. The smallest absolute Gasteiger partial charge is 0.255 e. The molecule has 1 aromatic rings. The summed E-state index contributed by atoms with van der Waals surface area (Å²) in [5, 5.41) is 2.81. The molecule has 0 saturated heterocycles. The number of halogens is 1. The molecular weight excluding hydrogens is 326 g/mol. The van der Waals surface area contributed by atoms with Crippen molar-refractivity contribution < 1.29 is 14.3 Å². The van der Waals surface area contributed by atoms with E-state index in [-0.39, 0.29) is 11.7 Å². The summed E-state index contributed by atoms with van der Waals surface area (Å²) < 4.78 is 10.9. The van der Waals surface area contributed by atoms with Gasteiger partial charge >= 0.3 is 0 Å². The fraction of sp³-hybridized carbons (Fsp3) is 0.538. The van der Waals surface area contributed by atoms with Crippen LogP contribution in [0, 0.1) is 0 Å². The Bertz CT molecular complexity index is 429. The van der Waals surface area contributed by atoms with Crippen LogP contribution < -0.4 is 11.1 Å². The predicted octanol–water partition coefficient (Wildman–Crippen LogP) is 1.60. The Kier molecular flexibility index (Phi) is 8.17. The molecule has 0 aromatic carbocycles. The van der Waals surface area contributed by atoms with E-state index in [4.69, 9.17) is 15.2 Å². The number of nitrogens with one attached hydrogen (secondary N) is 1. The van der Waals surface area contributed by atoms with E-state index >= 15 is 0 Å². The quantitative estimate of drug-likeness (QED) is 0.664. The average molecular weight is 346 g/mol. The van der Waals surface area contributed by atoms with E-state index in [9.17, 15) is 4.79 Å². The van der Waals surface area contributed by atoms with Crippen molar-refractivity contribution in [1.82, 2.24) is 10.3 Å².